The molecular weight excluding hydrogens is 314 g/mol. The van der Waals surface area contributed by atoms with Crippen LogP contribution in [0, 0.1) is 11.8 Å². The molecule has 0 spiro atoms. The number of nitrogens with two attached hydrogens (primary N) is 1. The summed E-state index contributed by atoms with van der Waals surface area (Å²) in [5.74, 6) is 0.451. The van der Waals surface area contributed by atoms with E-state index in [9.17, 15) is 9.59 Å². The van der Waals surface area contributed by atoms with Crippen LogP contribution in [0.15, 0.2) is 30.3 Å². The zero-order valence-electron chi connectivity index (χ0n) is 13.1. The molecule has 3 N–H and O–H groups in total. The maximum atomic E-state index is 12.4. The molecular formula is C17H24ClN3O2. The molecule has 1 aliphatic carbocycles. The molecule has 3 rings (SSSR count). The van der Waals surface area contributed by atoms with Gasteiger partial charge in [0.25, 0.3) is 0 Å². The molecule has 1 unspecified atom stereocenters. The lowest BCUT2D eigenvalue weighted by Gasteiger charge is -2.21. The highest BCUT2D eigenvalue weighted by Gasteiger charge is 2.36. The van der Waals surface area contributed by atoms with Crippen molar-refractivity contribution in [2.75, 3.05) is 18.0 Å². The Morgan fingerprint density at radius 1 is 1.26 bits per heavy atom. The summed E-state index contributed by atoms with van der Waals surface area (Å²) < 4.78 is 0. The number of nitrogens with one attached hydrogen (secondary N) is 1. The van der Waals surface area contributed by atoms with Crippen LogP contribution in [0.4, 0.5) is 5.69 Å². The number of anilines is 1. The van der Waals surface area contributed by atoms with E-state index in [1.807, 2.05) is 30.3 Å². The van der Waals surface area contributed by atoms with Gasteiger partial charge in [-0.25, -0.2) is 0 Å². The van der Waals surface area contributed by atoms with Gasteiger partial charge in [0.05, 0.1) is 6.04 Å². The van der Waals surface area contributed by atoms with E-state index < -0.39 is 0 Å². The fraction of sp³-hybridized carbons (Fsp3) is 0.529. The summed E-state index contributed by atoms with van der Waals surface area (Å²) in [7, 11) is 0. The average Bonchev–Trinajstić information content (AvgIpc) is 3.14. The van der Waals surface area contributed by atoms with Gasteiger partial charge in [0.1, 0.15) is 0 Å². The number of hydrogen-bond donors (Lipinski definition) is 2. The lowest BCUT2D eigenvalue weighted by Crippen LogP contribution is -2.42. The van der Waals surface area contributed by atoms with Gasteiger partial charge in [-0.2, -0.15) is 0 Å². The SMILES string of the molecule is Cl.NC[C@H]1CCC[C@H]1C(=O)NC1CC(=O)N(c2ccccc2)C1. The van der Waals surface area contributed by atoms with E-state index in [1.165, 1.54) is 0 Å². The second kappa shape index (κ2) is 7.79. The zero-order chi connectivity index (χ0) is 15.5. The monoisotopic (exact) mass is 337 g/mol. The van der Waals surface area contributed by atoms with E-state index in [1.54, 1.807) is 4.90 Å². The van der Waals surface area contributed by atoms with Crippen LogP contribution in [0.25, 0.3) is 0 Å². The van der Waals surface area contributed by atoms with Crippen molar-refractivity contribution >= 4 is 29.9 Å². The quantitative estimate of drug-likeness (QED) is 0.878. The number of rotatable bonds is 4. The van der Waals surface area contributed by atoms with Gasteiger partial charge in [-0.1, -0.05) is 24.6 Å². The van der Waals surface area contributed by atoms with E-state index in [-0.39, 0.29) is 36.2 Å². The van der Waals surface area contributed by atoms with Gasteiger partial charge in [-0.05, 0) is 37.4 Å². The number of benzene rings is 1. The summed E-state index contributed by atoms with van der Waals surface area (Å²) in [4.78, 5) is 26.3. The van der Waals surface area contributed by atoms with Gasteiger partial charge in [0.15, 0.2) is 0 Å². The molecule has 0 aromatic heterocycles. The zero-order valence-corrected chi connectivity index (χ0v) is 13.9. The summed E-state index contributed by atoms with van der Waals surface area (Å²) in [6, 6.07) is 9.50. The molecule has 3 atom stereocenters. The van der Waals surface area contributed by atoms with Crippen molar-refractivity contribution in [1.82, 2.24) is 5.32 Å². The van der Waals surface area contributed by atoms with Crippen LogP contribution in [0.1, 0.15) is 25.7 Å². The Bertz CT molecular complexity index is 552. The van der Waals surface area contributed by atoms with Crippen LogP contribution >= 0.6 is 12.4 Å². The summed E-state index contributed by atoms with van der Waals surface area (Å²) in [5, 5.41) is 3.06. The molecule has 0 radical (unpaired) electrons. The number of amides is 2. The third kappa shape index (κ3) is 3.85. The molecule has 1 heterocycles. The number of hydrogen-bond acceptors (Lipinski definition) is 3. The lowest BCUT2D eigenvalue weighted by molar-refractivity contribution is -0.126. The number of carbonyl (C=O) groups excluding carboxylic acids is 2. The summed E-state index contributed by atoms with van der Waals surface area (Å²) in [5.41, 5.74) is 6.64. The highest BCUT2D eigenvalue weighted by atomic mass is 35.5. The number of para-hydroxylation sites is 1. The maximum absolute atomic E-state index is 12.4. The molecule has 126 valence electrons. The van der Waals surface area contributed by atoms with Gasteiger partial charge in [0, 0.05) is 24.6 Å². The van der Waals surface area contributed by atoms with Crippen molar-refractivity contribution in [3.8, 4) is 0 Å². The minimum absolute atomic E-state index is 0. The van der Waals surface area contributed by atoms with Gasteiger partial charge in [0.2, 0.25) is 11.8 Å². The Morgan fingerprint density at radius 3 is 2.70 bits per heavy atom. The average molecular weight is 338 g/mol. The number of carbonyl (C=O) groups is 2. The topological polar surface area (TPSA) is 75.4 Å². The Hall–Kier alpha value is -1.59. The van der Waals surface area contributed by atoms with Crippen molar-refractivity contribution in [1.29, 1.82) is 0 Å². The lowest BCUT2D eigenvalue weighted by atomic mass is 9.95. The Kier molecular flexibility index (Phi) is 6.02. The first kappa shape index (κ1) is 17.8. The van der Waals surface area contributed by atoms with Crippen LogP contribution in [0.5, 0.6) is 0 Å². The van der Waals surface area contributed by atoms with Crippen LogP contribution in [-0.4, -0.2) is 30.9 Å². The van der Waals surface area contributed by atoms with Crippen molar-refractivity contribution in [2.24, 2.45) is 17.6 Å². The molecule has 1 aromatic rings. The normalized spacial score (nSPS) is 26.9. The fourth-order valence-electron chi connectivity index (χ4n) is 3.63. The third-order valence-corrected chi connectivity index (χ3v) is 4.84. The molecule has 1 aliphatic heterocycles. The van der Waals surface area contributed by atoms with E-state index in [0.29, 0.717) is 25.4 Å². The second-order valence-corrected chi connectivity index (χ2v) is 6.28. The first-order valence-corrected chi connectivity index (χ1v) is 8.05. The number of halogens is 1. The third-order valence-electron chi connectivity index (χ3n) is 4.84. The Morgan fingerprint density at radius 2 is 2.00 bits per heavy atom. The molecule has 2 amide bonds. The predicted octanol–water partition coefficient (Wildman–Crippen LogP) is 1.70. The largest absolute Gasteiger partial charge is 0.351 e. The molecule has 1 saturated heterocycles. The van der Waals surface area contributed by atoms with Crippen LogP contribution < -0.4 is 16.0 Å². The van der Waals surface area contributed by atoms with E-state index in [0.717, 1.165) is 24.9 Å². The van der Waals surface area contributed by atoms with Crippen LogP contribution in [-0.2, 0) is 9.59 Å². The van der Waals surface area contributed by atoms with Crippen molar-refractivity contribution in [3.63, 3.8) is 0 Å². The summed E-state index contributed by atoms with van der Waals surface area (Å²) in [6.45, 7) is 1.12. The molecule has 1 saturated carbocycles. The van der Waals surface area contributed by atoms with Gasteiger partial charge >= 0.3 is 0 Å². The minimum Gasteiger partial charge on any atom is -0.351 e. The van der Waals surface area contributed by atoms with E-state index in [4.69, 9.17) is 5.73 Å². The first-order chi connectivity index (χ1) is 10.7. The molecule has 2 fully saturated rings. The highest BCUT2D eigenvalue weighted by molar-refractivity contribution is 5.96. The molecule has 2 aliphatic rings. The van der Waals surface area contributed by atoms with Crippen molar-refractivity contribution < 1.29 is 9.59 Å². The molecule has 6 heteroatoms. The highest BCUT2D eigenvalue weighted by Crippen LogP contribution is 2.31. The van der Waals surface area contributed by atoms with E-state index >= 15 is 0 Å². The van der Waals surface area contributed by atoms with E-state index in [2.05, 4.69) is 5.32 Å². The van der Waals surface area contributed by atoms with Crippen molar-refractivity contribution in [3.05, 3.63) is 30.3 Å². The predicted molar refractivity (Wildman–Crippen MR) is 92.5 cm³/mol. The maximum Gasteiger partial charge on any atom is 0.229 e. The van der Waals surface area contributed by atoms with Gasteiger partial charge in [-0.15, -0.1) is 12.4 Å². The first-order valence-electron chi connectivity index (χ1n) is 8.05. The van der Waals surface area contributed by atoms with Gasteiger partial charge in [-0.3, -0.25) is 9.59 Å². The number of nitrogens with zero attached hydrogens (tertiary/aromatic N) is 1. The smallest absolute Gasteiger partial charge is 0.229 e. The summed E-state index contributed by atoms with van der Waals surface area (Å²) >= 11 is 0. The molecule has 5 nitrogen and oxygen atoms in total. The molecule has 1 aromatic carbocycles. The Labute approximate surface area is 143 Å². The van der Waals surface area contributed by atoms with Crippen LogP contribution in [0.2, 0.25) is 0 Å². The molecule has 0 bridgehead atoms. The fourth-order valence-corrected chi connectivity index (χ4v) is 3.63. The second-order valence-electron chi connectivity index (χ2n) is 6.28. The standard InChI is InChI=1S/C17H23N3O2.ClH/c18-10-12-5-4-8-15(12)17(22)19-13-9-16(21)20(11-13)14-6-2-1-3-7-14;/h1-3,6-7,12-13,15H,4-5,8-11,18H2,(H,19,22);1H/t12-,13?,15-;/m1./s1. The van der Waals surface area contributed by atoms with Crippen molar-refractivity contribution in [2.45, 2.75) is 31.7 Å². The minimum atomic E-state index is -0.0979. The van der Waals surface area contributed by atoms with Crippen LogP contribution in [0.3, 0.4) is 0 Å². The summed E-state index contributed by atoms with van der Waals surface area (Å²) in [6.07, 6.45) is 3.39. The Balaban J connectivity index is 0.00000192. The van der Waals surface area contributed by atoms with Gasteiger partial charge < -0.3 is 16.0 Å². The molecule has 23 heavy (non-hydrogen) atoms.